The molecule has 0 aliphatic carbocycles. The Kier molecular flexibility index (Phi) is 4.86. The maximum Gasteiger partial charge on any atom is 0.358 e. The summed E-state index contributed by atoms with van der Waals surface area (Å²) < 4.78 is 14.8. The molecule has 24 heavy (non-hydrogen) atoms. The highest BCUT2D eigenvalue weighted by molar-refractivity contribution is 5.84. The van der Waals surface area contributed by atoms with E-state index in [0.29, 0.717) is 12.1 Å². The number of aromatic carboxylic acids is 1. The number of carboxylic acid groups (broad SMARTS) is 1. The third kappa shape index (κ3) is 3.77. The number of piperidine rings is 1. The Balaban J connectivity index is 1.54. The number of hydrogen-bond acceptors (Lipinski definition) is 5. The summed E-state index contributed by atoms with van der Waals surface area (Å²) in [7, 11) is 0. The van der Waals surface area contributed by atoms with E-state index in [2.05, 4.69) is 15.2 Å². The molecule has 2 aromatic rings. The predicted molar refractivity (Wildman–Crippen MR) is 83.1 cm³/mol. The Hall–Kier alpha value is -2.32. The number of rotatable bonds is 5. The molecule has 1 fully saturated rings. The molecule has 7 nitrogen and oxygen atoms in total. The van der Waals surface area contributed by atoms with Crippen molar-refractivity contribution in [2.24, 2.45) is 0 Å². The van der Waals surface area contributed by atoms with E-state index >= 15 is 0 Å². The lowest BCUT2D eigenvalue weighted by Gasteiger charge is -2.33. The van der Waals surface area contributed by atoms with Gasteiger partial charge in [0.2, 0.25) is 0 Å². The second-order valence-electron chi connectivity index (χ2n) is 5.99. The predicted octanol–water partition coefficient (Wildman–Crippen LogP) is 1.49. The molecule has 0 spiro atoms. The molecule has 8 heteroatoms. The molecule has 1 aromatic carbocycles. The fraction of sp³-hybridized carbons (Fsp3) is 0.438. The summed E-state index contributed by atoms with van der Waals surface area (Å²) in [5.74, 6) is -1.44. The minimum absolute atomic E-state index is 0.0565. The zero-order valence-electron chi connectivity index (χ0n) is 13.0. The molecule has 0 bridgehead atoms. The van der Waals surface area contributed by atoms with E-state index < -0.39 is 12.1 Å². The summed E-state index contributed by atoms with van der Waals surface area (Å²) in [6.45, 7) is 1.94. The van der Waals surface area contributed by atoms with Crippen LogP contribution in [0.25, 0.3) is 0 Å². The van der Waals surface area contributed by atoms with Crippen molar-refractivity contribution in [3.8, 4) is 0 Å². The van der Waals surface area contributed by atoms with Gasteiger partial charge in [-0.05, 0) is 30.5 Å². The van der Waals surface area contributed by atoms with Crippen LogP contribution in [-0.4, -0.2) is 55.7 Å². The van der Waals surface area contributed by atoms with Crippen LogP contribution in [0.15, 0.2) is 30.5 Å². The smallest absolute Gasteiger partial charge is 0.358 e. The molecule has 2 N–H and O–H groups in total. The molecule has 1 aliphatic rings. The maximum atomic E-state index is 13.2. The zero-order valence-corrected chi connectivity index (χ0v) is 13.0. The number of carbonyl (C=O) groups is 1. The van der Waals surface area contributed by atoms with Crippen LogP contribution in [0, 0.1) is 5.82 Å². The van der Waals surface area contributed by atoms with Crippen molar-refractivity contribution in [1.82, 2.24) is 19.9 Å². The van der Waals surface area contributed by atoms with E-state index in [1.165, 1.54) is 18.3 Å². The second-order valence-corrected chi connectivity index (χ2v) is 5.99. The van der Waals surface area contributed by atoms with E-state index in [4.69, 9.17) is 5.11 Å². The molecule has 1 unspecified atom stereocenters. The molecule has 2 heterocycles. The second kappa shape index (κ2) is 7.06. The van der Waals surface area contributed by atoms with Crippen molar-refractivity contribution in [3.05, 3.63) is 47.5 Å². The van der Waals surface area contributed by atoms with Crippen molar-refractivity contribution in [3.63, 3.8) is 0 Å². The van der Waals surface area contributed by atoms with Gasteiger partial charge in [-0.25, -0.2) is 13.9 Å². The largest absolute Gasteiger partial charge is 0.476 e. The highest BCUT2D eigenvalue weighted by Gasteiger charge is 2.24. The van der Waals surface area contributed by atoms with E-state index in [0.717, 1.165) is 25.9 Å². The number of aliphatic hydroxyl groups excluding tert-OH is 1. The van der Waals surface area contributed by atoms with E-state index in [1.54, 1.807) is 16.8 Å². The summed E-state index contributed by atoms with van der Waals surface area (Å²) in [6.07, 6.45) is 2.29. The molecule has 0 amide bonds. The van der Waals surface area contributed by atoms with E-state index in [1.807, 2.05) is 0 Å². The highest BCUT2D eigenvalue weighted by atomic mass is 19.1. The molecule has 1 aliphatic heterocycles. The van der Waals surface area contributed by atoms with Crippen molar-refractivity contribution in [2.75, 3.05) is 19.6 Å². The Morgan fingerprint density at radius 3 is 2.75 bits per heavy atom. The molecule has 128 valence electrons. The standard InChI is InChI=1S/C16H19FN4O3/c17-12-3-1-2-11(8-12)15(22)10-20-6-4-13(5-7-20)21-9-14(16(23)24)18-19-21/h1-3,8-9,13,15,22H,4-7,10H2,(H,23,24). The Bertz CT molecular complexity index is 713. The fourth-order valence-corrected chi connectivity index (χ4v) is 2.98. The lowest BCUT2D eigenvalue weighted by atomic mass is 10.0. The van der Waals surface area contributed by atoms with Gasteiger partial charge in [0, 0.05) is 19.6 Å². The molecular weight excluding hydrogens is 315 g/mol. The van der Waals surface area contributed by atoms with E-state index in [9.17, 15) is 14.3 Å². The van der Waals surface area contributed by atoms with Crippen LogP contribution in [0.2, 0.25) is 0 Å². The van der Waals surface area contributed by atoms with Crippen molar-refractivity contribution >= 4 is 5.97 Å². The normalized spacial score (nSPS) is 17.8. The fourth-order valence-electron chi connectivity index (χ4n) is 2.98. The first kappa shape index (κ1) is 16.5. The molecular formula is C16H19FN4O3. The van der Waals surface area contributed by atoms with Gasteiger partial charge < -0.3 is 15.1 Å². The van der Waals surface area contributed by atoms with Crippen molar-refractivity contribution in [1.29, 1.82) is 0 Å². The van der Waals surface area contributed by atoms with Gasteiger partial charge in [-0.2, -0.15) is 0 Å². The van der Waals surface area contributed by atoms with E-state index in [-0.39, 0.29) is 17.6 Å². The molecule has 0 saturated carbocycles. The Morgan fingerprint density at radius 1 is 1.38 bits per heavy atom. The number of hydrogen-bond donors (Lipinski definition) is 2. The summed E-state index contributed by atoms with van der Waals surface area (Å²) in [6, 6.07) is 6.10. The molecule has 0 radical (unpaired) electrons. The van der Waals surface area contributed by atoms with Crippen LogP contribution in [0.4, 0.5) is 4.39 Å². The van der Waals surface area contributed by atoms with Crippen LogP contribution in [0.3, 0.4) is 0 Å². The lowest BCUT2D eigenvalue weighted by molar-refractivity contribution is 0.0690. The van der Waals surface area contributed by atoms with Crippen LogP contribution in [0.1, 0.15) is 41.0 Å². The molecule has 1 aromatic heterocycles. The lowest BCUT2D eigenvalue weighted by Crippen LogP contribution is -2.37. The van der Waals surface area contributed by atoms with Gasteiger partial charge in [-0.1, -0.05) is 17.3 Å². The summed E-state index contributed by atoms with van der Waals surface area (Å²) in [5.41, 5.74) is 0.512. The third-order valence-electron chi connectivity index (χ3n) is 4.33. The van der Waals surface area contributed by atoms with Crippen LogP contribution in [-0.2, 0) is 0 Å². The van der Waals surface area contributed by atoms with Gasteiger partial charge in [0.1, 0.15) is 5.82 Å². The minimum Gasteiger partial charge on any atom is -0.476 e. The number of likely N-dealkylation sites (tertiary alicyclic amines) is 1. The number of aromatic nitrogens is 3. The van der Waals surface area contributed by atoms with Crippen LogP contribution >= 0.6 is 0 Å². The first-order valence-electron chi connectivity index (χ1n) is 7.84. The number of carboxylic acids is 1. The summed E-state index contributed by atoms with van der Waals surface area (Å²) in [4.78, 5) is 13.0. The van der Waals surface area contributed by atoms with Gasteiger partial charge >= 0.3 is 5.97 Å². The van der Waals surface area contributed by atoms with Gasteiger partial charge in [0.25, 0.3) is 0 Å². The third-order valence-corrected chi connectivity index (χ3v) is 4.33. The number of β-amino-alcohol motifs (C(OH)–C–C–N with tert-alkyl or cyclic N) is 1. The highest BCUT2D eigenvalue weighted by Crippen LogP contribution is 2.24. The maximum absolute atomic E-state index is 13.2. The average Bonchev–Trinajstić information content (AvgIpc) is 3.06. The molecule has 3 rings (SSSR count). The van der Waals surface area contributed by atoms with Crippen molar-refractivity contribution < 1.29 is 19.4 Å². The zero-order chi connectivity index (χ0) is 17.1. The quantitative estimate of drug-likeness (QED) is 0.861. The van der Waals surface area contributed by atoms with Crippen LogP contribution in [0.5, 0.6) is 0 Å². The number of halogens is 1. The topological polar surface area (TPSA) is 91.5 Å². The number of benzene rings is 1. The van der Waals surface area contributed by atoms with Crippen LogP contribution < -0.4 is 0 Å². The minimum atomic E-state index is -1.09. The van der Waals surface area contributed by atoms with Gasteiger partial charge in [0.05, 0.1) is 18.3 Å². The van der Waals surface area contributed by atoms with Gasteiger partial charge in [-0.3, -0.25) is 0 Å². The first-order chi connectivity index (χ1) is 11.5. The first-order valence-corrected chi connectivity index (χ1v) is 7.84. The molecule has 1 atom stereocenters. The Labute approximate surface area is 138 Å². The average molecular weight is 334 g/mol. The number of nitrogens with zero attached hydrogens (tertiary/aromatic N) is 4. The SMILES string of the molecule is O=C(O)c1cn(C2CCN(CC(O)c3cccc(F)c3)CC2)nn1. The molecule has 1 saturated heterocycles. The monoisotopic (exact) mass is 334 g/mol. The van der Waals surface area contributed by atoms with Gasteiger partial charge in [-0.15, -0.1) is 5.10 Å². The Morgan fingerprint density at radius 2 is 2.12 bits per heavy atom. The summed E-state index contributed by atoms with van der Waals surface area (Å²) >= 11 is 0. The van der Waals surface area contributed by atoms with Crippen molar-refractivity contribution in [2.45, 2.75) is 25.0 Å². The number of aliphatic hydroxyl groups is 1. The summed E-state index contributed by atoms with van der Waals surface area (Å²) in [5, 5.41) is 26.6. The van der Waals surface area contributed by atoms with Gasteiger partial charge in [0.15, 0.2) is 5.69 Å².